The summed E-state index contributed by atoms with van der Waals surface area (Å²) in [6.07, 6.45) is 8.62. The number of fused-ring (bicyclic) bond motifs is 4. The Labute approximate surface area is 125 Å². The first-order chi connectivity index (χ1) is 10.2. The van der Waals surface area contributed by atoms with Crippen LogP contribution in [-0.4, -0.2) is 11.1 Å². The van der Waals surface area contributed by atoms with Gasteiger partial charge >= 0.3 is 5.97 Å². The van der Waals surface area contributed by atoms with E-state index in [0.29, 0.717) is 18.3 Å². The number of hydrogen-bond donors (Lipinski definition) is 1. The Morgan fingerprint density at radius 3 is 2.81 bits per heavy atom. The predicted molar refractivity (Wildman–Crippen MR) is 81.8 cm³/mol. The Bertz CT molecular complexity index is 626. The van der Waals surface area contributed by atoms with Crippen LogP contribution < -0.4 is 0 Å². The molecule has 3 aliphatic carbocycles. The van der Waals surface area contributed by atoms with Crippen molar-refractivity contribution in [3.63, 3.8) is 0 Å². The number of aliphatic carboxylic acids is 1. The SMILES string of the molecule is O=C(O)C(Cc1ccccc1)C1CCC2C1=C1C=CC2C1. The lowest BCUT2D eigenvalue weighted by atomic mass is 9.80. The zero-order valence-electron chi connectivity index (χ0n) is 12.0. The van der Waals surface area contributed by atoms with Gasteiger partial charge in [0.2, 0.25) is 0 Å². The summed E-state index contributed by atoms with van der Waals surface area (Å²) >= 11 is 0. The van der Waals surface area contributed by atoms with E-state index in [1.54, 1.807) is 0 Å². The summed E-state index contributed by atoms with van der Waals surface area (Å²) in [5, 5.41) is 9.74. The van der Waals surface area contributed by atoms with Gasteiger partial charge in [-0.1, -0.05) is 48.1 Å². The third kappa shape index (κ3) is 2.05. The summed E-state index contributed by atoms with van der Waals surface area (Å²) in [6, 6.07) is 10.1. The monoisotopic (exact) mass is 280 g/mol. The van der Waals surface area contributed by atoms with Crippen molar-refractivity contribution in [3.05, 3.63) is 59.2 Å². The Morgan fingerprint density at radius 1 is 1.24 bits per heavy atom. The van der Waals surface area contributed by atoms with Gasteiger partial charge in [-0.25, -0.2) is 0 Å². The lowest BCUT2D eigenvalue weighted by Crippen LogP contribution is -2.26. The number of carboxylic acids is 1. The molecular formula is C19H20O2. The highest BCUT2D eigenvalue weighted by Crippen LogP contribution is 2.56. The van der Waals surface area contributed by atoms with Gasteiger partial charge in [-0.05, 0) is 54.6 Å². The maximum absolute atomic E-state index is 11.8. The zero-order chi connectivity index (χ0) is 14.4. The number of carbonyl (C=O) groups is 1. The summed E-state index contributed by atoms with van der Waals surface area (Å²) in [7, 11) is 0. The molecule has 2 bridgehead atoms. The molecule has 1 saturated carbocycles. The lowest BCUT2D eigenvalue weighted by molar-refractivity contribution is -0.143. The van der Waals surface area contributed by atoms with Crippen LogP contribution in [0.15, 0.2) is 53.6 Å². The summed E-state index contributed by atoms with van der Waals surface area (Å²) < 4.78 is 0. The van der Waals surface area contributed by atoms with E-state index in [1.807, 2.05) is 30.3 Å². The maximum atomic E-state index is 11.8. The average Bonchev–Trinajstić information content (AvgIpc) is 3.18. The number of benzene rings is 1. The highest BCUT2D eigenvalue weighted by molar-refractivity contribution is 5.72. The molecule has 3 aliphatic rings. The minimum atomic E-state index is -0.635. The van der Waals surface area contributed by atoms with Gasteiger partial charge in [0.15, 0.2) is 0 Å². The van der Waals surface area contributed by atoms with E-state index in [0.717, 1.165) is 18.4 Å². The molecule has 1 aromatic rings. The zero-order valence-corrected chi connectivity index (χ0v) is 12.0. The van der Waals surface area contributed by atoms with Crippen LogP contribution in [0.5, 0.6) is 0 Å². The molecule has 4 unspecified atom stereocenters. The number of rotatable bonds is 4. The van der Waals surface area contributed by atoms with Crippen LogP contribution in [0.3, 0.4) is 0 Å². The Morgan fingerprint density at radius 2 is 2.05 bits per heavy atom. The van der Waals surface area contributed by atoms with Gasteiger partial charge in [0.05, 0.1) is 5.92 Å². The first-order valence-corrected chi connectivity index (χ1v) is 7.92. The smallest absolute Gasteiger partial charge is 0.307 e. The van der Waals surface area contributed by atoms with E-state index >= 15 is 0 Å². The molecule has 0 radical (unpaired) electrons. The summed E-state index contributed by atoms with van der Waals surface area (Å²) in [5.41, 5.74) is 4.08. The van der Waals surface area contributed by atoms with Crippen LogP contribution in [0.1, 0.15) is 24.8 Å². The molecule has 4 atom stereocenters. The van der Waals surface area contributed by atoms with E-state index in [9.17, 15) is 9.90 Å². The second-order valence-corrected chi connectivity index (χ2v) is 6.63. The van der Waals surface area contributed by atoms with Crippen molar-refractivity contribution < 1.29 is 9.90 Å². The number of hydrogen-bond acceptors (Lipinski definition) is 1. The van der Waals surface area contributed by atoms with E-state index in [-0.39, 0.29) is 11.8 Å². The van der Waals surface area contributed by atoms with Crippen LogP contribution in [0.25, 0.3) is 0 Å². The van der Waals surface area contributed by atoms with E-state index < -0.39 is 5.97 Å². The summed E-state index contributed by atoms with van der Waals surface area (Å²) in [5.74, 6) is 0.661. The summed E-state index contributed by atoms with van der Waals surface area (Å²) in [4.78, 5) is 11.8. The molecule has 108 valence electrons. The quantitative estimate of drug-likeness (QED) is 0.909. The van der Waals surface area contributed by atoms with Crippen LogP contribution in [-0.2, 0) is 11.2 Å². The van der Waals surface area contributed by atoms with Gasteiger partial charge in [-0.15, -0.1) is 0 Å². The predicted octanol–water partition coefficient (Wildman–Crippen LogP) is 3.84. The highest BCUT2D eigenvalue weighted by Gasteiger charge is 2.47. The average molecular weight is 280 g/mol. The van der Waals surface area contributed by atoms with Crippen molar-refractivity contribution in [2.24, 2.45) is 23.7 Å². The molecule has 0 amide bonds. The van der Waals surface area contributed by atoms with Gasteiger partial charge in [0.1, 0.15) is 0 Å². The molecule has 0 heterocycles. The minimum absolute atomic E-state index is 0.248. The molecule has 0 aliphatic heterocycles. The maximum Gasteiger partial charge on any atom is 0.307 e. The number of carboxylic acid groups (broad SMARTS) is 1. The second-order valence-electron chi connectivity index (χ2n) is 6.63. The fourth-order valence-electron chi connectivity index (χ4n) is 4.67. The van der Waals surface area contributed by atoms with Crippen LogP contribution in [0.2, 0.25) is 0 Å². The third-order valence-electron chi connectivity index (χ3n) is 5.58. The van der Waals surface area contributed by atoms with Gasteiger partial charge < -0.3 is 5.11 Å². The van der Waals surface area contributed by atoms with Crippen molar-refractivity contribution in [2.75, 3.05) is 0 Å². The molecule has 0 spiro atoms. The minimum Gasteiger partial charge on any atom is -0.481 e. The van der Waals surface area contributed by atoms with Gasteiger partial charge in [-0.2, -0.15) is 0 Å². The standard InChI is InChI=1S/C19H20O2/c20-19(21)17(10-12-4-2-1-3-5-12)16-9-8-15-13-6-7-14(11-13)18(15)16/h1-7,13,15-17H,8-11H2,(H,20,21). The van der Waals surface area contributed by atoms with Crippen molar-refractivity contribution in [1.29, 1.82) is 0 Å². The molecule has 4 rings (SSSR count). The van der Waals surface area contributed by atoms with Crippen molar-refractivity contribution in [3.8, 4) is 0 Å². The first kappa shape index (κ1) is 12.9. The van der Waals surface area contributed by atoms with Crippen LogP contribution in [0.4, 0.5) is 0 Å². The molecule has 1 aromatic carbocycles. The topological polar surface area (TPSA) is 37.3 Å². The molecule has 0 aromatic heterocycles. The molecule has 0 saturated heterocycles. The molecule has 21 heavy (non-hydrogen) atoms. The van der Waals surface area contributed by atoms with Gasteiger partial charge in [0, 0.05) is 0 Å². The Kier molecular flexibility index (Phi) is 2.99. The highest BCUT2D eigenvalue weighted by atomic mass is 16.4. The van der Waals surface area contributed by atoms with E-state index in [4.69, 9.17) is 0 Å². The van der Waals surface area contributed by atoms with Crippen LogP contribution in [0, 0.1) is 23.7 Å². The first-order valence-electron chi connectivity index (χ1n) is 7.92. The Balaban J connectivity index is 1.63. The molecule has 2 heteroatoms. The lowest BCUT2D eigenvalue weighted by Gasteiger charge is -2.23. The molecular weight excluding hydrogens is 260 g/mol. The van der Waals surface area contributed by atoms with Gasteiger partial charge in [0.25, 0.3) is 0 Å². The fraction of sp³-hybridized carbons (Fsp3) is 0.421. The van der Waals surface area contributed by atoms with Gasteiger partial charge in [-0.3, -0.25) is 4.79 Å². The Hall–Kier alpha value is -1.83. The van der Waals surface area contributed by atoms with E-state index in [2.05, 4.69) is 12.2 Å². The number of allylic oxidation sites excluding steroid dienone is 4. The van der Waals surface area contributed by atoms with Crippen molar-refractivity contribution in [2.45, 2.75) is 25.7 Å². The largest absolute Gasteiger partial charge is 0.481 e. The second kappa shape index (κ2) is 4.87. The van der Waals surface area contributed by atoms with Crippen LogP contribution >= 0.6 is 0 Å². The summed E-state index contributed by atoms with van der Waals surface area (Å²) in [6.45, 7) is 0. The molecule has 1 N–H and O–H groups in total. The molecule has 1 fully saturated rings. The third-order valence-corrected chi connectivity index (χ3v) is 5.58. The normalized spacial score (nSPS) is 30.8. The fourth-order valence-corrected chi connectivity index (χ4v) is 4.67. The molecule has 2 nitrogen and oxygen atoms in total. The van der Waals surface area contributed by atoms with Crippen molar-refractivity contribution in [1.82, 2.24) is 0 Å². The van der Waals surface area contributed by atoms with E-state index in [1.165, 1.54) is 17.6 Å². The van der Waals surface area contributed by atoms with Crippen molar-refractivity contribution >= 4 is 5.97 Å².